The molecular weight excluding hydrogens is 288 g/mol. The molecule has 4 nitrogen and oxygen atoms in total. The van der Waals surface area contributed by atoms with Crippen LogP contribution in [0.2, 0.25) is 0 Å². The van der Waals surface area contributed by atoms with Gasteiger partial charge in [-0.05, 0) is 46.1 Å². The number of nitrogens with one attached hydrogen (secondary N) is 2. The molecule has 0 aliphatic carbocycles. The highest BCUT2D eigenvalue weighted by molar-refractivity contribution is 5.68. The van der Waals surface area contributed by atoms with Gasteiger partial charge in [0.2, 0.25) is 0 Å². The van der Waals surface area contributed by atoms with E-state index in [0.717, 1.165) is 0 Å². The zero-order valence-electron chi connectivity index (χ0n) is 15.6. The minimum Gasteiger partial charge on any atom is -0.444 e. The number of hydrogen-bond donors (Lipinski definition) is 2. The van der Waals surface area contributed by atoms with E-state index in [1.807, 2.05) is 20.8 Å². The summed E-state index contributed by atoms with van der Waals surface area (Å²) in [4.78, 5) is 12.0. The van der Waals surface area contributed by atoms with E-state index in [2.05, 4.69) is 62.6 Å². The molecule has 0 heterocycles. The molecule has 0 radical (unpaired) electrons. The Bertz CT molecular complexity index is 506. The second-order valence-electron chi connectivity index (χ2n) is 7.54. The van der Waals surface area contributed by atoms with Crippen LogP contribution in [0.25, 0.3) is 0 Å². The van der Waals surface area contributed by atoms with Crippen molar-refractivity contribution in [2.24, 2.45) is 5.92 Å². The molecule has 0 aliphatic rings. The highest BCUT2D eigenvalue weighted by atomic mass is 16.6. The van der Waals surface area contributed by atoms with Gasteiger partial charge in [0.25, 0.3) is 0 Å². The molecule has 1 aromatic rings. The molecule has 130 valence electrons. The van der Waals surface area contributed by atoms with Crippen molar-refractivity contribution in [1.82, 2.24) is 10.6 Å². The SMILES string of the molecule is Cc1cccc(C(C)NCC(NC(=O)OC(C)(C)C)C(C)C)c1. The van der Waals surface area contributed by atoms with Crippen LogP contribution in [0.5, 0.6) is 0 Å². The van der Waals surface area contributed by atoms with Gasteiger partial charge in [-0.3, -0.25) is 0 Å². The van der Waals surface area contributed by atoms with Crippen molar-refractivity contribution >= 4 is 6.09 Å². The molecule has 2 unspecified atom stereocenters. The maximum absolute atomic E-state index is 12.0. The van der Waals surface area contributed by atoms with E-state index in [0.29, 0.717) is 12.5 Å². The number of hydrogen-bond acceptors (Lipinski definition) is 3. The zero-order chi connectivity index (χ0) is 17.6. The van der Waals surface area contributed by atoms with Crippen molar-refractivity contribution in [3.05, 3.63) is 35.4 Å². The van der Waals surface area contributed by atoms with E-state index < -0.39 is 5.60 Å². The van der Waals surface area contributed by atoms with Crippen LogP contribution in [0.3, 0.4) is 0 Å². The summed E-state index contributed by atoms with van der Waals surface area (Å²) >= 11 is 0. The summed E-state index contributed by atoms with van der Waals surface area (Å²) in [6.45, 7) is 14.7. The third-order valence-corrected chi connectivity index (χ3v) is 3.69. The van der Waals surface area contributed by atoms with E-state index in [4.69, 9.17) is 4.74 Å². The predicted octanol–water partition coefficient (Wildman–Crippen LogP) is 4.19. The molecule has 0 fully saturated rings. The lowest BCUT2D eigenvalue weighted by Crippen LogP contribution is -2.47. The Morgan fingerprint density at radius 3 is 2.39 bits per heavy atom. The third-order valence-electron chi connectivity index (χ3n) is 3.69. The Balaban J connectivity index is 2.58. The first-order chi connectivity index (χ1) is 10.6. The summed E-state index contributed by atoms with van der Waals surface area (Å²) in [6.07, 6.45) is -0.360. The van der Waals surface area contributed by atoms with Gasteiger partial charge >= 0.3 is 6.09 Å². The molecule has 1 aromatic carbocycles. The lowest BCUT2D eigenvalue weighted by Gasteiger charge is -2.27. The monoisotopic (exact) mass is 320 g/mol. The molecule has 1 amide bonds. The summed E-state index contributed by atoms with van der Waals surface area (Å²) in [5.74, 6) is 0.319. The highest BCUT2D eigenvalue weighted by Gasteiger charge is 2.21. The second-order valence-corrected chi connectivity index (χ2v) is 7.54. The Morgan fingerprint density at radius 1 is 1.22 bits per heavy atom. The van der Waals surface area contributed by atoms with Gasteiger partial charge in [0.15, 0.2) is 0 Å². The largest absolute Gasteiger partial charge is 0.444 e. The van der Waals surface area contributed by atoms with Crippen molar-refractivity contribution in [1.29, 1.82) is 0 Å². The van der Waals surface area contributed by atoms with Crippen molar-refractivity contribution in [2.75, 3.05) is 6.54 Å². The van der Waals surface area contributed by atoms with Crippen LogP contribution in [-0.4, -0.2) is 24.3 Å². The lowest BCUT2D eigenvalue weighted by molar-refractivity contribution is 0.0489. The van der Waals surface area contributed by atoms with E-state index in [-0.39, 0.29) is 18.2 Å². The fraction of sp³-hybridized carbons (Fsp3) is 0.632. The fourth-order valence-corrected chi connectivity index (χ4v) is 2.27. The van der Waals surface area contributed by atoms with Crippen molar-refractivity contribution in [3.63, 3.8) is 0 Å². The summed E-state index contributed by atoms with van der Waals surface area (Å²) in [5, 5.41) is 6.47. The van der Waals surface area contributed by atoms with Crippen LogP contribution in [-0.2, 0) is 4.74 Å². The van der Waals surface area contributed by atoms with Crippen molar-refractivity contribution < 1.29 is 9.53 Å². The summed E-state index contributed by atoms with van der Waals surface area (Å²) in [7, 11) is 0. The molecule has 2 N–H and O–H groups in total. The molecule has 0 saturated carbocycles. The van der Waals surface area contributed by atoms with E-state index >= 15 is 0 Å². The molecule has 0 aromatic heterocycles. The van der Waals surface area contributed by atoms with Gasteiger partial charge in [0.1, 0.15) is 5.60 Å². The average molecular weight is 320 g/mol. The van der Waals surface area contributed by atoms with Gasteiger partial charge in [-0.15, -0.1) is 0 Å². The number of carbonyl (C=O) groups is 1. The zero-order valence-corrected chi connectivity index (χ0v) is 15.6. The fourth-order valence-electron chi connectivity index (χ4n) is 2.27. The predicted molar refractivity (Wildman–Crippen MR) is 95.6 cm³/mol. The normalized spacial score (nSPS) is 14.4. The minimum atomic E-state index is -0.478. The number of alkyl carbamates (subject to hydrolysis) is 1. The van der Waals surface area contributed by atoms with Crippen LogP contribution in [0.1, 0.15) is 58.7 Å². The first kappa shape index (κ1) is 19.5. The maximum Gasteiger partial charge on any atom is 0.407 e. The summed E-state index contributed by atoms with van der Waals surface area (Å²) < 4.78 is 5.35. The lowest BCUT2D eigenvalue weighted by atomic mass is 10.0. The van der Waals surface area contributed by atoms with E-state index in [1.54, 1.807) is 0 Å². The Labute approximate surface area is 141 Å². The quantitative estimate of drug-likeness (QED) is 0.826. The molecule has 0 spiro atoms. The summed E-state index contributed by atoms with van der Waals surface area (Å²) in [6, 6.07) is 8.73. The molecular formula is C19H32N2O2. The Hall–Kier alpha value is -1.55. The first-order valence-electron chi connectivity index (χ1n) is 8.38. The molecule has 0 saturated heterocycles. The van der Waals surface area contributed by atoms with Gasteiger partial charge < -0.3 is 15.4 Å². The molecule has 0 bridgehead atoms. The number of rotatable bonds is 6. The van der Waals surface area contributed by atoms with Crippen LogP contribution < -0.4 is 10.6 Å². The van der Waals surface area contributed by atoms with Gasteiger partial charge in [-0.2, -0.15) is 0 Å². The van der Waals surface area contributed by atoms with Gasteiger partial charge in [-0.1, -0.05) is 43.7 Å². The van der Waals surface area contributed by atoms with Crippen LogP contribution in [0.4, 0.5) is 4.79 Å². The van der Waals surface area contributed by atoms with Crippen molar-refractivity contribution in [3.8, 4) is 0 Å². The van der Waals surface area contributed by atoms with Gasteiger partial charge in [0.05, 0.1) is 0 Å². The third kappa shape index (κ3) is 7.51. The number of aryl methyl sites for hydroxylation is 1. The maximum atomic E-state index is 12.0. The number of carbonyl (C=O) groups excluding carboxylic acids is 1. The minimum absolute atomic E-state index is 0.0251. The van der Waals surface area contributed by atoms with E-state index in [9.17, 15) is 4.79 Å². The smallest absolute Gasteiger partial charge is 0.407 e. The van der Waals surface area contributed by atoms with Crippen molar-refractivity contribution in [2.45, 2.75) is 66.2 Å². The average Bonchev–Trinajstić information content (AvgIpc) is 2.40. The van der Waals surface area contributed by atoms with Crippen LogP contribution in [0.15, 0.2) is 24.3 Å². The highest BCUT2D eigenvalue weighted by Crippen LogP contribution is 2.14. The Morgan fingerprint density at radius 2 is 1.87 bits per heavy atom. The van der Waals surface area contributed by atoms with Gasteiger partial charge in [0, 0.05) is 18.6 Å². The van der Waals surface area contributed by atoms with Crippen LogP contribution in [0, 0.1) is 12.8 Å². The number of amides is 1. The Kier molecular flexibility index (Phi) is 7.07. The molecule has 23 heavy (non-hydrogen) atoms. The van der Waals surface area contributed by atoms with Gasteiger partial charge in [-0.25, -0.2) is 4.79 Å². The topological polar surface area (TPSA) is 50.4 Å². The second kappa shape index (κ2) is 8.34. The molecule has 4 heteroatoms. The summed E-state index contributed by atoms with van der Waals surface area (Å²) in [5.41, 5.74) is 2.03. The standard InChI is InChI=1S/C19H32N2O2/c1-13(2)17(21-18(22)23-19(5,6)7)12-20-15(4)16-10-8-9-14(3)11-16/h8-11,13,15,17,20H,12H2,1-7H3,(H,21,22). The van der Waals surface area contributed by atoms with E-state index in [1.165, 1.54) is 11.1 Å². The van der Waals surface area contributed by atoms with Crippen LogP contribution >= 0.6 is 0 Å². The molecule has 1 rings (SSSR count). The molecule has 2 atom stereocenters. The first-order valence-corrected chi connectivity index (χ1v) is 8.38. The molecule has 0 aliphatic heterocycles. The number of ether oxygens (including phenoxy) is 1. The number of benzene rings is 1.